The largest absolute Gasteiger partial charge is 0.466 e. The van der Waals surface area contributed by atoms with Crippen LogP contribution in [0.25, 0.3) is 0 Å². The molecule has 0 heterocycles. The summed E-state index contributed by atoms with van der Waals surface area (Å²) in [6.07, 6.45) is 75.9. The molecule has 0 bridgehead atoms. The molecular formula is C66H129NO5. The second kappa shape index (κ2) is 62.1. The maximum Gasteiger partial charge on any atom is 0.305 e. The van der Waals surface area contributed by atoms with Crippen molar-refractivity contribution >= 4 is 11.9 Å². The molecule has 0 saturated heterocycles. The number of amides is 1. The zero-order valence-electron chi connectivity index (χ0n) is 48.9. The van der Waals surface area contributed by atoms with Gasteiger partial charge < -0.3 is 20.3 Å². The Kier molecular flexibility index (Phi) is 60.9. The molecule has 6 nitrogen and oxygen atoms in total. The molecule has 0 aliphatic heterocycles. The van der Waals surface area contributed by atoms with Gasteiger partial charge in [-0.25, -0.2) is 0 Å². The van der Waals surface area contributed by atoms with E-state index in [1.54, 1.807) is 6.08 Å². The number of aliphatic hydroxyl groups is 2. The number of hydrogen-bond acceptors (Lipinski definition) is 5. The predicted molar refractivity (Wildman–Crippen MR) is 315 cm³/mol. The predicted octanol–water partition coefficient (Wildman–Crippen LogP) is 20.8. The Hall–Kier alpha value is -1.40. The number of unbranched alkanes of at least 4 members (excludes halogenated alkanes) is 51. The van der Waals surface area contributed by atoms with Crippen LogP contribution in [0.5, 0.6) is 0 Å². The van der Waals surface area contributed by atoms with Gasteiger partial charge in [-0.15, -0.1) is 0 Å². The molecule has 0 saturated carbocycles. The summed E-state index contributed by atoms with van der Waals surface area (Å²) in [4.78, 5) is 24.4. The fourth-order valence-corrected chi connectivity index (χ4v) is 10.5. The topological polar surface area (TPSA) is 95.9 Å². The molecule has 1 amide bonds. The molecule has 6 heteroatoms. The van der Waals surface area contributed by atoms with E-state index in [0.717, 1.165) is 38.5 Å². The number of esters is 1. The van der Waals surface area contributed by atoms with Crippen LogP contribution in [0.1, 0.15) is 373 Å². The number of carbonyl (C=O) groups is 2. The van der Waals surface area contributed by atoms with Crippen molar-refractivity contribution in [1.82, 2.24) is 5.32 Å². The standard InChI is InChI=1S/C66H129NO5/c1-3-5-7-9-11-13-14-36-40-44-48-52-56-60-66(71)72-61-57-53-49-45-41-38-35-33-31-29-27-25-23-21-19-17-15-16-18-20-22-24-26-28-30-32-34-37-39-43-47-51-55-59-65(70)67-63(62-68)64(69)58-54-50-46-42-12-10-8-6-4-2/h54,58,63-64,68-69H,3-53,55-57,59-62H2,1-2H3,(H,67,70)/b58-54+. The molecule has 428 valence electrons. The van der Waals surface area contributed by atoms with Gasteiger partial charge in [0.2, 0.25) is 5.91 Å². The minimum Gasteiger partial charge on any atom is -0.466 e. The molecule has 0 aromatic rings. The molecule has 3 N–H and O–H groups in total. The van der Waals surface area contributed by atoms with Crippen LogP contribution < -0.4 is 5.32 Å². The summed E-state index contributed by atoms with van der Waals surface area (Å²) < 4.78 is 5.49. The van der Waals surface area contributed by atoms with Crippen LogP contribution in [-0.2, 0) is 14.3 Å². The molecule has 0 rings (SSSR count). The summed E-state index contributed by atoms with van der Waals surface area (Å²) >= 11 is 0. The van der Waals surface area contributed by atoms with Crippen LogP contribution in [0.2, 0.25) is 0 Å². The number of ether oxygens (including phenoxy) is 1. The van der Waals surface area contributed by atoms with E-state index in [1.807, 2.05) is 6.08 Å². The van der Waals surface area contributed by atoms with Gasteiger partial charge in [0.15, 0.2) is 0 Å². The molecule has 0 radical (unpaired) electrons. The van der Waals surface area contributed by atoms with E-state index in [9.17, 15) is 19.8 Å². The maximum atomic E-state index is 12.4. The van der Waals surface area contributed by atoms with Crippen molar-refractivity contribution < 1.29 is 24.5 Å². The van der Waals surface area contributed by atoms with E-state index >= 15 is 0 Å². The van der Waals surface area contributed by atoms with Crippen LogP contribution in [0.3, 0.4) is 0 Å². The van der Waals surface area contributed by atoms with E-state index in [2.05, 4.69) is 19.2 Å². The van der Waals surface area contributed by atoms with Crippen molar-refractivity contribution in [2.45, 2.75) is 386 Å². The second-order valence-corrected chi connectivity index (χ2v) is 22.8. The molecule has 0 aliphatic rings. The van der Waals surface area contributed by atoms with Crippen molar-refractivity contribution in [3.8, 4) is 0 Å². The SMILES string of the molecule is CCCCCCCCC/C=C/C(O)C(CO)NC(=O)CCCCCCCCCCCCCCCCCCCCCCCCCCCCCCCCCCCOC(=O)CCCCCCCCCCCCCCC. The van der Waals surface area contributed by atoms with Crippen LogP contribution in [0.15, 0.2) is 12.2 Å². The van der Waals surface area contributed by atoms with Crippen molar-refractivity contribution in [3.63, 3.8) is 0 Å². The maximum absolute atomic E-state index is 12.4. The number of rotatable bonds is 62. The third kappa shape index (κ3) is 57.9. The van der Waals surface area contributed by atoms with Crippen LogP contribution in [-0.4, -0.2) is 47.4 Å². The van der Waals surface area contributed by atoms with E-state index in [1.165, 1.54) is 308 Å². The summed E-state index contributed by atoms with van der Waals surface area (Å²) in [5.41, 5.74) is 0. The lowest BCUT2D eigenvalue weighted by Crippen LogP contribution is -2.45. The molecule has 0 aromatic heterocycles. The number of carbonyl (C=O) groups excluding carboxylic acids is 2. The lowest BCUT2D eigenvalue weighted by molar-refractivity contribution is -0.143. The molecular weight excluding hydrogens is 887 g/mol. The van der Waals surface area contributed by atoms with Gasteiger partial charge in [-0.3, -0.25) is 9.59 Å². The van der Waals surface area contributed by atoms with Gasteiger partial charge in [-0.1, -0.05) is 341 Å². The summed E-state index contributed by atoms with van der Waals surface area (Å²) in [5.74, 6) is -0.0408. The van der Waals surface area contributed by atoms with Crippen molar-refractivity contribution in [2.24, 2.45) is 0 Å². The molecule has 0 fully saturated rings. The Labute approximate surface area is 450 Å². The number of aliphatic hydroxyl groups excluding tert-OH is 2. The van der Waals surface area contributed by atoms with Crippen LogP contribution in [0, 0.1) is 0 Å². The van der Waals surface area contributed by atoms with Gasteiger partial charge in [0.25, 0.3) is 0 Å². The molecule has 0 aliphatic carbocycles. The van der Waals surface area contributed by atoms with Gasteiger partial charge in [0, 0.05) is 12.8 Å². The van der Waals surface area contributed by atoms with E-state index in [0.29, 0.717) is 19.4 Å². The third-order valence-electron chi connectivity index (χ3n) is 15.6. The zero-order valence-corrected chi connectivity index (χ0v) is 48.9. The lowest BCUT2D eigenvalue weighted by atomic mass is 10.0. The molecule has 0 spiro atoms. The fraction of sp³-hybridized carbons (Fsp3) is 0.939. The molecule has 2 unspecified atom stereocenters. The van der Waals surface area contributed by atoms with Gasteiger partial charge >= 0.3 is 5.97 Å². The average molecular weight is 1020 g/mol. The normalized spacial score (nSPS) is 12.6. The number of allylic oxidation sites excluding steroid dienone is 1. The highest BCUT2D eigenvalue weighted by Crippen LogP contribution is 2.19. The van der Waals surface area contributed by atoms with E-state index < -0.39 is 12.1 Å². The molecule has 2 atom stereocenters. The first-order valence-electron chi connectivity index (χ1n) is 33.0. The highest BCUT2D eigenvalue weighted by Gasteiger charge is 2.18. The number of hydrogen-bond donors (Lipinski definition) is 3. The zero-order chi connectivity index (χ0) is 52.2. The monoisotopic (exact) mass is 1020 g/mol. The Morgan fingerprint density at radius 3 is 0.944 bits per heavy atom. The minimum absolute atomic E-state index is 0.0235. The number of nitrogens with one attached hydrogen (secondary N) is 1. The van der Waals surface area contributed by atoms with Gasteiger partial charge in [0.1, 0.15) is 0 Å². The highest BCUT2D eigenvalue weighted by atomic mass is 16.5. The second-order valence-electron chi connectivity index (χ2n) is 22.8. The first-order chi connectivity index (χ1) is 35.5. The minimum atomic E-state index is -0.837. The molecule has 72 heavy (non-hydrogen) atoms. The van der Waals surface area contributed by atoms with Crippen LogP contribution >= 0.6 is 0 Å². The Morgan fingerprint density at radius 1 is 0.375 bits per heavy atom. The van der Waals surface area contributed by atoms with Crippen molar-refractivity contribution in [2.75, 3.05) is 13.2 Å². The summed E-state index contributed by atoms with van der Waals surface area (Å²) in [6, 6.07) is -0.621. The van der Waals surface area contributed by atoms with Crippen molar-refractivity contribution in [3.05, 3.63) is 12.2 Å². The van der Waals surface area contributed by atoms with Gasteiger partial charge in [-0.2, -0.15) is 0 Å². The van der Waals surface area contributed by atoms with Crippen LogP contribution in [0.4, 0.5) is 0 Å². The summed E-state index contributed by atoms with van der Waals surface area (Å²) in [6.45, 7) is 4.91. The molecule has 0 aromatic carbocycles. The summed E-state index contributed by atoms with van der Waals surface area (Å²) in [7, 11) is 0. The fourth-order valence-electron chi connectivity index (χ4n) is 10.5. The Balaban J connectivity index is 3.28. The van der Waals surface area contributed by atoms with Gasteiger partial charge in [0.05, 0.1) is 25.4 Å². The van der Waals surface area contributed by atoms with E-state index in [-0.39, 0.29) is 18.5 Å². The third-order valence-corrected chi connectivity index (χ3v) is 15.6. The Bertz CT molecular complexity index is 1080. The smallest absolute Gasteiger partial charge is 0.305 e. The van der Waals surface area contributed by atoms with Crippen molar-refractivity contribution in [1.29, 1.82) is 0 Å². The summed E-state index contributed by atoms with van der Waals surface area (Å²) in [5, 5.41) is 23.0. The first-order valence-corrected chi connectivity index (χ1v) is 33.0. The van der Waals surface area contributed by atoms with E-state index in [4.69, 9.17) is 4.74 Å². The first kappa shape index (κ1) is 70.6. The highest BCUT2D eigenvalue weighted by molar-refractivity contribution is 5.76. The quantitative estimate of drug-likeness (QED) is 0.0320. The lowest BCUT2D eigenvalue weighted by Gasteiger charge is -2.20. The van der Waals surface area contributed by atoms with Gasteiger partial charge in [-0.05, 0) is 32.1 Å². The average Bonchev–Trinajstić information content (AvgIpc) is 3.38. The Morgan fingerprint density at radius 2 is 0.639 bits per heavy atom.